The first-order chi connectivity index (χ1) is 9.56. The van der Waals surface area contributed by atoms with Crippen molar-refractivity contribution < 1.29 is 18.4 Å². The van der Waals surface area contributed by atoms with Crippen molar-refractivity contribution in [3.63, 3.8) is 0 Å². The van der Waals surface area contributed by atoms with Gasteiger partial charge < -0.3 is 10.6 Å². The summed E-state index contributed by atoms with van der Waals surface area (Å²) in [5.74, 6) is -3.80. The zero-order valence-electron chi connectivity index (χ0n) is 10.1. The maximum atomic E-state index is 13.3. The Hall–Kier alpha value is -2.83. The second-order valence-electron chi connectivity index (χ2n) is 3.77. The Morgan fingerprint density at radius 2 is 1.80 bits per heavy atom. The highest BCUT2D eigenvalue weighted by Gasteiger charge is 2.16. The van der Waals surface area contributed by atoms with Gasteiger partial charge in [0, 0.05) is 12.3 Å². The first kappa shape index (κ1) is 13.6. The van der Waals surface area contributed by atoms with Gasteiger partial charge in [0.25, 0.3) is 0 Å². The molecule has 2 amide bonds. The molecule has 5 nitrogen and oxygen atoms in total. The highest BCUT2D eigenvalue weighted by molar-refractivity contribution is 6.43. The molecule has 7 heteroatoms. The maximum Gasteiger partial charge on any atom is 0.314 e. The topological polar surface area (TPSA) is 71.1 Å². The Kier molecular flexibility index (Phi) is 3.99. The van der Waals surface area contributed by atoms with E-state index in [4.69, 9.17) is 0 Å². The van der Waals surface area contributed by atoms with E-state index in [0.717, 1.165) is 12.1 Å². The summed E-state index contributed by atoms with van der Waals surface area (Å²) in [5.41, 5.74) is 0.0463. The molecular formula is C13H9F2N3O2. The average molecular weight is 277 g/mol. The normalized spacial score (nSPS) is 9.90. The van der Waals surface area contributed by atoms with Crippen LogP contribution in [-0.4, -0.2) is 16.8 Å². The summed E-state index contributed by atoms with van der Waals surface area (Å²) in [5, 5.41) is 4.33. The predicted molar refractivity (Wildman–Crippen MR) is 67.9 cm³/mol. The fourth-order valence-electron chi connectivity index (χ4n) is 1.39. The van der Waals surface area contributed by atoms with Gasteiger partial charge in [0.05, 0.1) is 17.6 Å². The maximum absolute atomic E-state index is 13.3. The van der Waals surface area contributed by atoms with E-state index in [2.05, 4.69) is 10.3 Å². The van der Waals surface area contributed by atoms with Crippen LogP contribution in [0.15, 0.2) is 42.7 Å². The van der Waals surface area contributed by atoms with Crippen molar-refractivity contribution in [3.8, 4) is 0 Å². The van der Waals surface area contributed by atoms with Crippen LogP contribution >= 0.6 is 0 Å². The van der Waals surface area contributed by atoms with Gasteiger partial charge in [-0.1, -0.05) is 0 Å². The van der Waals surface area contributed by atoms with Crippen molar-refractivity contribution in [1.82, 2.24) is 4.98 Å². The summed E-state index contributed by atoms with van der Waals surface area (Å²) in [4.78, 5) is 26.9. The van der Waals surface area contributed by atoms with Crippen LogP contribution in [0.2, 0.25) is 0 Å². The lowest BCUT2D eigenvalue weighted by Gasteiger charge is -2.07. The van der Waals surface area contributed by atoms with Crippen LogP contribution < -0.4 is 10.6 Å². The molecule has 2 aromatic rings. The van der Waals surface area contributed by atoms with Gasteiger partial charge in [-0.05, 0) is 24.3 Å². The number of hydrogen-bond donors (Lipinski definition) is 2. The standard InChI is InChI=1S/C13H9F2N3O2/c14-8-3-4-11(10(15)6-8)18-13(20)12(19)17-9-2-1-5-16-7-9/h1-7H,(H,17,19)(H,18,20). The number of anilines is 2. The number of pyridine rings is 1. The SMILES string of the molecule is O=C(Nc1cccnc1)C(=O)Nc1ccc(F)cc1F. The van der Waals surface area contributed by atoms with Gasteiger partial charge in [0.2, 0.25) is 0 Å². The van der Waals surface area contributed by atoms with E-state index in [0.29, 0.717) is 11.8 Å². The summed E-state index contributed by atoms with van der Waals surface area (Å²) in [7, 11) is 0. The number of amides is 2. The average Bonchev–Trinajstić information content (AvgIpc) is 2.43. The van der Waals surface area contributed by atoms with E-state index in [1.807, 2.05) is 5.32 Å². The Morgan fingerprint density at radius 1 is 1.05 bits per heavy atom. The monoisotopic (exact) mass is 277 g/mol. The molecule has 0 bridgehead atoms. The third-order valence-corrected chi connectivity index (χ3v) is 2.30. The molecule has 1 aromatic carbocycles. The van der Waals surface area contributed by atoms with E-state index >= 15 is 0 Å². The van der Waals surface area contributed by atoms with Gasteiger partial charge in [-0.25, -0.2) is 8.78 Å². The minimum atomic E-state index is -1.07. The van der Waals surface area contributed by atoms with E-state index in [9.17, 15) is 18.4 Å². The lowest BCUT2D eigenvalue weighted by Crippen LogP contribution is -2.29. The largest absolute Gasteiger partial charge is 0.316 e. The number of benzene rings is 1. The fourth-order valence-corrected chi connectivity index (χ4v) is 1.39. The Balaban J connectivity index is 2.03. The third kappa shape index (κ3) is 3.35. The molecule has 1 heterocycles. The van der Waals surface area contributed by atoms with Crippen molar-refractivity contribution in [2.75, 3.05) is 10.6 Å². The predicted octanol–water partition coefficient (Wildman–Crippen LogP) is 1.94. The molecule has 0 aliphatic carbocycles. The van der Waals surface area contributed by atoms with Crippen molar-refractivity contribution in [3.05, 3.63) is 54.4 Å². The highest BCUT2D eigenvalue weighted by atomic mass is 19.1. The summed E-state index contributed by atoms with van der Waals surface area (Å²) >= 11 is 0. The van der Waals surface area contributed by atoms with Crippen molar-refractivity contribution >= 4 is 23.2 Å². The van der Waals surface area contributed by atoms with Crippen molar-refractivity contribution in [2.45, 2.75) is 0 Å². The van der Waals surface area contributed by atoms with Crippen LogP contribution in [0.5, 0.6) is 0 Å². The van der Waals surface area contributed by atoms with Gasteiger partial charge in [-0.3, -0.25) is 14.6 Å². The summed E-state index contributed by atoms with van der Waals surface area (Å²) in [6, 6.07) is 5.72. The van der Waals surface area contributed by atoms with E-state index in [-0.39, 0.29) is 5.69 Å². The van der Waals surface area contributed by atoms with E-state index in [1.54, 1.807) is 6.07 Å². The zero-order valence-corrected chi connectivity index (χ0v) is 10.1. The smallest absolute Gasteiger partial charge is 0.314 e. The van der Waals surface area contributed by atoms with Crippen LogP contribution in [0.4, 0.5) is 20.2 Å². The van der Waals surface area contributed by atoms with Crippen LogP contribution in [-0.2, 0) is 9.59 Å². The molecule has 0 saturated carbocycles. The second-order valence-corrected chi connectivity index (χ2v) is 3.77. The number of hydrogen-bond acceptors (Lipinski definition) is 3. The summed E-state index contributed by atoms with van der Waals surface area (Å²) in [6.45, 7) is 0. The van der Waals surface area contributed by atoms with E-state index < -0.39 is 23.4 Å². The van der Waals surface area contributed by atoms with Crippen LogP contribution in [0.3, 0.4) is 0 Å². The lowest BCUT2D eigenvalue weighted by molar-refractivity contribution is -0.133. The molecule has 0 saturated heterocycles. The number of rotatable bonds is 2. The van der Waals surface area contributed by atoms with Gasteiger partial charge in [-0.2, -0.15) is 0 Å². The van der Waals surface area contributed by atoms with Gasteiger partial charge in [-0.15, -0.1) is 0 Å². The van der Waals surface area contributed by atoms with Gasteiger partial charge >= 0.3 is 11.8 Å². The highest BCUT2D eigenvalue weighted by Crippen LogP contribution is 2.14. The first-order valence-electron chi connectivity index (χ1n) is 5.53. The summed E-state index contributed by atoms with van der Waals surface area (Å²) in [6.07, 6.45) is 2.85. The second kappa shape index (κ2) is 5.87. The van der Waals surface area contributed by atoms with Crippen molar-refractivity contribution in [2.24, 2.45) is 0 Å². The molecule has 20 heavy (non-hydrogen) atoms. The van der Waals surface area contributed by atoms with Gasteiger partial charge in [0.15, 0.2) is 0 Å². The minimum Gasteiger partial charge on any atom is -0.316 e. The summed E-state index contributed by atoms with van der Waals surface area (Å²) < 4.78 is 26.0. The van der Waals surface area contributed by atoms with Crippen LogP contribution in [0, 0.1) is 11.6 Å². The number of nitrogens with zero attached hydrogens (tertiary/aromatic N) is 1. The Morgan fingerprint density at radius 3 is 2.45 bits per heavy atom. The molecule has 0 fully saturated rings. The Bertz CT molecular complexity index is 647. The molecule has 102 valence electrons. The van der Waals surface area contributed by atoms with E-state index in [1.165, 1.54) is 18.5 Å². The number of carbonyl (C=O) groups excluding carboxylic acids is 2. The number of aromatic nitrogens is 1. The van der Waals surface area contributed by atoms with Gasteiger partial charge in [0.1, 0.15) is 11.6 Å². The minimum absolute atomic E-state index is 0.280. The molecule has 0 radical (unpaired) electrons. The third-order valence-electron chi connectivity index (χ3n) is 2.30. The van der Waals surface area contributed by atoms with Crippen LogP contribution in [0.1, 0.15) is 0 Å². The number of carbonyl (C=O) groups is 2. The van der Waals surface area contributed by atoms with Crippen LogP contribution in [0.25, 0.3) is 0 Å². The van der Waals surface area contributed by atoms with Crippen molar-refractivity contribution in [1.29, 1.82) is 0 Å². The first-order valence-corrected chi connectivity index (χ1v) is 5.53. The quantitative estimate of drug-likeness (QED) is 0.824. The molecule has 0 unspecified atom stereocenters. The molecular weight excluding hydrogens is 268 g/mol. The molecule has 0 aliphatic rings. The molecule has 1 aromatic heterocycles. The Labute approximate surface area is 112 Å². The fraction of sp³-hybridized carbons (Fsp3) is 0. The molecule has 2 N–H and O–H groups in total. The molecule has 0 aliphatic heterocycles. The molecule has 2 rings (SSSR count). The lowest BCUT2D eigenvalue weighted by atomic mass is 10.3. The molecule has 0 atom stereocenters. The number of nitrogens with one attached hydrogen (secondary N) is 2. The zero-order chi connectivity index (χ0) is 14.5. The number of halogens is 2. The molecule has 0 spiro atoms.